The third-order valence-corrected chi connectivity index (χ3v) is 8.14. The van der Waals surface area contributed by atoms with Crippen molar-refractivity contribution in [3.8, 4) is 0 Å². The Hall–Kier alpha value is -1.28. The molecule has 2 N–H and O–H groups in total. The maximum Gasteiger partial charge on any atom is 0.352 e. The molecule has 0 saturated carbocycles. The summed E-state index contributed by atoms with van der Waals surface area (Å²) >= 11 is 5.61. The second kappa shape index (κ2) is 9.48. The summed E-state index contributed by atoms with van der Waals surface area (Å²) in [5.74, 6) is -0.334. The lowest BCUT2D eigenvalue weighted by molar-refractivity contribution is -0.150. The van der Waals surface area contributed by atoms with E-state index >= 15 is 0 Å². The number of nitrogens with zero attached hydrogens (tertiary/aromatic N) is 3. The van der Waals surface area contributed by atoms with Crippen LogP contribution in [-0.4, -0.2) is 79.7 Å². The van der Waals surface area contributed by atoms with Gasteiger partial charge in [-0.15, -0.1) is 33.7 Å². The number of nitrogens with one attached hydrogen (secondary N) is 1. The molecule has 1 saturated heterocycles. The van der Waals surface area contributed by atoms with Crippen molar-refractivity contribution in [1.29, 1.82) is 0 Å². The van der Waals surface area contributed by atoms with Gasteiger partial charge in [0.25, 0.3) is 5.91 Å². The maximum atomic E-state index is 12.5. The number of carbonyl (C=O) groups is 3. The first kappa shape index (κ1) is 21.4. The van der Waals surface area contributed by atoms with Crippen LogP contribution in [0, 0.1) is 6.92 Å². The van der Waals surface area contributed by atoms with Crippen LogP contribution in [0.3, 0.4) is 0 Å². The van der Waals surface area contributed by atoms with E-state index < -0.39 is 23.3 Å². The van der Waals surface area contributed by atoms with Gasteiger partial charge in [0.1, 0.15) is 22.1 Å². The van der Waals surface area contributed by atoms with Gasteiger partial charge in [-0.1, -0.05) is 23.1 Å². The molecule has 3 rings (SSSR count). The molecule has 0 bridgehead atoms. The summed E-state index contributed by atoms with van der Waals surface area (Å²) in [4.78, 5) is 37.6. The molecule has 1 aromatic rings. The molecule has 2 unspecified atom stereocenters. The van der Waals surface area contributed by atoms with E-state index in [1.54, 1.807) is 7.11 Å². The Morgan fingerprint density at radius 3 is 2.86 bits per heavy atom. The Bertz CT molecular complexity index is 814. The molecule has 2 amide bonds. The number of hydrogen-bond donors (Lipinski definition) is 2. The van der Waals surface area contributed by atoms with Crippen LogP contribution in [-0.2, 0) is 19.1 Å². The molecule has 0 spiro atoms. The lowest BCUT2D eigenvalue weighted by Crippen LogP contribution is -2.70. The van der Waals surface area contributed by atoms with Gasteiger partial charge in [0, 0.05) is 18.6 Å². The summed E-state index contributed by atoms with van der Waals surface area (Å²) in [6.07, 6.45) is 0. The number of thioether (sulfide) groups is 3. The van der Waals surface area contributed by atoms with Gasteiger partial charge >= 0.3 is 5.97 Å². The molecule has 9 nitrogen and oxygen atoms in total. The number of β-lactam (4-membered cyclic amide) rings is 1. The van der Waals surface area contributed by atoms with E-state index in [9.17, 15) is 19.5 Å². The molecular formula is C15H18N4O5S4. The first-order valence-electron chi connectivity index (χ1n) is 8.11. The molecule has 1 fully saturated rings. The van der Waals surface area contributed by atoms with Crippen LogP contribution in [0.2, 0.25) is 0 Å². The first-order valence-corrected chi connectivity index (χ1v) is 12.1. The Morgan fingerprint density at radius 1 is 1.43 bits per heavy atom. The average Bonchev–Trinajstić information content (AvgIpc) is 3.08. The predicted octanol–water partition coefficient (Wildman–Crippen LogP) is 1.01. The number of aromatic nitrogens is 2. The molecule has 152 valence electrons. The number of fused-ring (bicyclic) bond motifs is 1. The van der Waals surface area contributed by atoms with Crippen molar-refractivity contribution in [3.05, 3.63) is 16.3 Å². The number of methoxy groups -OCH3 is 1. The van der Waals surface area contributed by atoms with E-state index in [-0.39, 0.29) is 17.4 Å². The van der Waals surface area contributed by atoms with Crippen LogP contribution < -0.4 is 5.32 Å². The van der Waals surface area contributed by atoms with E-state index in [1.807, 2.05) is 6.92 Å². The molecule has 2 aliphatic heterocycles. The van der Waals surface area contributed by atoms with Gasteiger partial charge in [-0.05, 0) is 12.5 Å². The van der Waals surface area contributed by atoms with Crippen molar-refractivity contribution in [2.75, 3.05) is 30.3 Å². The normalized spacial score (nSPS) is 21.4. The second-order valence-electron chi connectivity index (χ2n) is 5.84. The summed E-state index contributed by atoms with van der Waals surface area (Å²) in [7, 11) is 1.54. The number of amides is 2. The number of hydrogen-bond acceptors (Lipinski definition) is 10. The monoisotopic (exact) mass is 462 g/mol. The average molecular weight is 463 g/mol. The van der Waals surface area contributed by atoms with E-state index in [0.717, 1.165) is 9.35 Å². The van der Waals surface area contributed by atoms with Crippen molar-refractivity contribution >= 4 is 64.4 Å². The number of ether oxygens (including phenoxy) is 1. The second-order valence-corrected chi connectivity index (χ2v) is 10.3. The van der Waals surface area contributed by atoms with Crippen molar-refractivity contribution < 1.29 is 24.2 Å². The molecule has 2 atom stereocenters. The van der Waals surface area contributed by atoms with Gasteiger partial charge in [-0.2, -0.15) is 0 Å². The molecular weight excluding hydrogens is 444 g/mol. The van der Waals surface area contributed by atoms with Gasteiger partial charge in [0.15, 0.2) is 4.34 Å². The summed E-state index contributed by atoms with van der Waals surface area (Å²) in [5, 5.41) is 20.8. The van der Waals surface area contributed by atoms with Crippen LogP contribution in [0.15, 0.2) is 15.6 Å². The van der Waals surface area contributed by atoms with E-state index in [0.29, 0.717) is 23.0 Å². The fraction of sp³-hybridized carbons (Fsp3) is 0.533. The van der Waals surface area contributed by atoms with Gasteiger partial charge in [0.05, 0.1) is 11.7 Å². The van der Waals surface area contributed by atoms with Gasteiger partial charge in [-0.3, -0.25) is 14.5 Å². The zero-order chi connectivity index (χ0) is 20.3. The standard InChI is InChI=1S/C15H18N4O5S4/c1-7-17-18-15(28-7)27-4-8-3-26-13-10(16-9(20)5-25-6-24-2)12(21)19(13)11(8)14(22)23/h10,13H,3-6H2,1-2H3,(H,16,20)(H,22,23). The number of rotatable bonds is 9. The highest BCUT2D eigenvalue weighted by molar-refractivity contribution is 8.02. The zero-order valence-corrected chi connectivity index (χ0v) is 18.3. The molecule has 0 aromatic carbocycles. The molecule has 13 heteroatoms. The van der Waals surface area contributed by atoms with Crippen molar-refractivity contribution in [1.82, 2.24) is 20.4 Å². The quantitative estimate of drug-likeness (QED) is 0.238. The molecule has 1 aromatic heterocycles. The number of carbonyl (C=O) groups excluding carboxylic acids is 2. The van der Waals surface area contributed by atoms with Gasteiger partial charge < -0.3 is 15.2 Å². The van der Waals surface area contributed by atoms with Crippen molar-refractivity contribution in [2.24, 2.45) is 0 Å². The largest absolute Gasteiger partial charge is 0.477 e. The van der Waals surface area contributed by atoms with Crippen LogP contribution >= 0.6 is 46.6 Å². The Balaban J connectivity index is 1.65. The molecule has 28 heavy (non-hydrogen) atoms. The van der Waals surface area contributed by atoms with E-state index in [1.165, 1.54) is 51.5 Å². The Labute approximate surface area is 178 Å². The van der Waals surface area contributed by atoms with Crippen molar-refractivity contribution in [3.63, 3.8) is 0 Å². The SMILES string of the molecule is COCSCC(=O)NC1C(=O)N2C(C(=O)O)=C(CSc3nnc(C)s3)CSC12. The van der Waals surface area contributed by atoms with Crippen LogP contribution in [0.5, 0.6) is 0 Å². The highest BCUT2D eigenvalue weighted by Crippen LogP contribution is 2.41. The van der Waals surface area contributed by atoms with Gasteiger partial charge in [-0.25, -0.2) is 4.79 Å². The van der Waals surface area contributed by atoms with Crippen molar-refractivity contribution in [2.45, 2.75) is 22.7 Å². The fourth-order valence-electron chi connectivity index (χ4n) is 2.71. The molecule has 2 aliphatic rings. The Kier molecular flexibility index (Phi) is 7.25. The van der Waals surface area contributed by atoms with Crippen LogP contribution in [0.25, 0.3) is 0 Å². The lowest BCUT2D eigenvalue weighted by atomic mass is 10.0. The number of aliphatic carboxylic acids is 1. The van der Waals surface area contributed by atoms with E-state index in [2.05, 4.69) is 15.5 Å². The van der Waals surface area contributed by atoms with Crippen LogP contribution in [0.4, 0.5) is 0 Å². The lowest BCUT2D eigenvalue weighted by Gasteiger charge is -2.49. The molecule has 0 radical (unpaired) electrons. The highest BCUT2D eigenvalue weighted by atomic mass is 32.2. The van der Waals surface area contributed by atoms with E-state index in [4.69, 9.17) is 4.74 Å². The Morgan fingerprint density at radius 2 is 2.21 bits per heavy atom. The smallest absolute Gasteiger partial charge is 0.352 e. The summed E-state index contributed by atoms with van der Waals surface area (Å²) in [5.41, 5.74) is 0.683. The summed E-state index contributed by atoms with van der Waals surface area (Å²) in [6, 6.07) is -0.699. The minimum Gasteiger partial charge on any atom is -0.477 e. The minimum absolute atomic E-state index is 0.0155. The molecule has 3 heterocycles. The summed E-state index contributed by atoms with van der Waals surface area (Å²) in [6.45, 7) is 1.85. The third kappa shape index (κ3) is 4.64. The van der Waals surface area contributed by atoms with Crippen LogP contribution in [0.1, 0.15) is 5.01 Å². The number of carboxylic acids is 1. The minimum atomic E-state index is -1.14. The first-order chi connectivity index (χ1) is 13.4. The predicted molar refractivity (Wildman–Crippen MR) is 109 cm³/mol. The highest BCUT2D eigenvalue weighted by Gasteiger charge is 2.54. The summed E-state index contributed by atoms with van der Waals surface area (Å²) < 4.78 is 5.64. The maximum absolute atomic E-state index is 12.5. The zero-order valence-electron chi connectivity index (χ0n) is 15.0. The topological polar surface area (TPSA) is 122 Å². The number of aryl methyl sites for hydroxylation is 1. The molecule has 0 aliphatic carbocycles. The third-order valence-electron chi connectivity index (χ3n) is 3.88. The fourth-order valence-corrected chi connectivity index (χ4v) is 6.53. The van der Waals surface area contributed by atoms with Gasteiger partial charge in [0.2, 0.25) is 5.91 Å². The number of carboxylic acid groups (broad SMARTS) is 1.